The molecular formula is C13H20N2O3. The highest BCUT2D eigenvalue weighted by Gasteiger charge is 2.16. The zero-order valence-electron chi connectivity index (χ0n) is 10.7. The number of hydrogen-bond acceptors (Lipinski definition) is 4. The molecule has 5 nitrogen and oxygen atoms in total. The van der Waals surface area contributed by atoms with E-state index >= 15 is 0 Å². The van der Waals surface area contributed by atoms with Crippen molar-refractivity contribution in [1.29, 1.82) is 0 Å². The number of hydrogen-bond donors (Lipinski definition) is 3. The Morgan fingerprint density at radius 1 is 1.50 bits per heavy atom. The highest BCUT2D eigenvalue weighted by Crippen LogP contribution is 2.23. The summed E-state index contributed by atoms with van der Waals surface area (Å²) in [6.07, 6.45) is -0.796. The van der Waals surface area contributed by atoms with E-state index in [1.807, 2.05) is 12.1 Å². The van der Waals surface area contributed by atoms with Crippen molar-refractivity contribution in [1.82, 2.24) is 5.32 Å². The first kappa shape index (κ1) is 14.5. The van der Waals surface area contributed by atoms with Crippen molar-refractivity contribution in [3.63, 3.8) is 0 Å². The van der Waals surface area contributed by atoms with Crippen molar-refractivity contribution in [2.24, 2.45) is 11.7 Å². The summed E-state index contributed by atoms with van der Waals surface area (Å²) >= 11 is 0. The van der Waals surface area contributed by atoms with Crippen LogP contribution < -0.4 is 15.8 Å². The maximum absolute atomic E-state index is 11.5. The molecule has 1 aromatic rings. The molecule has 0 heterocycles. The average Bonchev–Trinajstić information content (AvgIpc) is 2.43. The van der Waals surface area contributed by atoms with E-state index in [2.05, 4.69) is 5.32 Å². The second kappa shape index (κ2) is 6.98. The Balaban J connectivity index is 2.60. The van der Waals surface area contributed by atoms with Crippen LogP contribution in [0.1, 0.15) is 18.6 Å². The Morgan fingerprint density at radius 2 is 2.17 bits per heavy atom. The number of benzene rings is 1. The Morgan fingerprint density at radius 3 is 2.78 bits per heavy atom. The summed E-state index contributed by atoms with van der Waals surface area (Å²) < 4.78 is 5.15. The monoisotopic (exact) mass is 252 g/mol. The van der Waals surface area contributed by atoms with Gasteiger partial charge >= 0.3 is 0 Å². The molecule has 1 amide bonds. The van der Waals surface area contributed by atoms with Crippen molar-refractivity contribution in [2.45, 2.75) is 13.0 Å². The van der Waals surface area contributed by atoms with Crippen molar-refractivity contribution in [2.75, 3.05) is 20.2 Å². The standard InChI is InChI=1S/C13H20N2O3/c1-9(7-14)13(17)15-8-11(16)10-5-3-4-6-12(10)18-2/h3-6,9,11,16H,7-8,14H2,1-2H3,(H,15,17). The fourth-order valence-electron chi connectivity index (χ4n) is 1.53. The van der Waals surface area contributed by atoms with Gasteiger partial charge in [-0.2, -0.15) is 0 Å². The largest absolute Gasteiger partial charge is 0.496 e. The van der Waals surface area contributed by atoms with Crippen LogP contribution in [0.15, 0.2) is 24.3 Å². The molecule has 0 bridgehead atoms. The van der Waals surface area contributed by atoms with Crippen LogP contribution in [0.4, 0.5) is 0 Å². The fourth-order valence-corrected chi connectivity index (χ4v) is 1.53. The van der Waals surface area contributed by atoms with Crippen molar-refractivity contribution < 1.29 is 14.6 Å². The molecule has 0 aliphatic heterocycles. The van der Waals surface area contributed by atoms with Crippen molar-refractivity contribution >= 4 is 5.91 Å². The number of amides is 1. The number of ether oxygens (including phenoxy) is 1. The van der Waals surface area contributed by atoms with E-state index in [1.165, 1.54) is 0 Å². The molecule has 18 heavy (non-hydrogen) atoms. The Labute approximate surface area is 107 Å². The second-order valence-corrected chi connectivity index (χ2v) is 4.14. The summed E-state index contributed by atoms with van der Waals surface area (Å²) in [7, 11) is 1.54. The number of nitrogens with one attached hydrogen (secondary N) is 1. The molecule has 4 N–H and O–H groups in total. The van der Waals surface area contributed by atoms with E-state index in [9.17, 15) is 9.90 Å². The number of methoxy groups -OCH3 is 1. The van der Waals surface area contributed by atoms with Gasteiger partial charge in [-0.05, 0) is 6.07 Å². The minimum atomic E-state index is -0.796. The van der Waals surface area contributed by atoms with Crippen LogP contribution in [0.25, 0.3) is 0 Å². The first-order chi connectivity index (χ1) is 8.60. The van der Waals surface area contributed by atoms with E-state index in [1.54, 1.807) is 26.2 Å². The molecule has 0 aromatic heterocycles. The average molecular weight is 252 g/mol. The van der Waals surface area contributed by atoms with E-state index in [-0.39, 0.29) is 24.9 Å². The maximum atomic E-state index is 11.5. The molecule has 2 atom stereocenters. The van der Waals surface area contributed by atoms with Crippen LogP contribution in [-0.4, -0.2) is 31.2 Å². The topological polar surface area (TPSA) is 84.6 Å². The third-order valence-electron chi connectivity index (χ3n) is 2.77. The molecular weight excluding hydrogens is 232 g/mol. The zero-order chi connectivity index (χ0) is 13.5. The summed E-state index contributed by atoms with van der Waals surface area (Å²) in [5.74, 6) is 0.187. The fraction of sp³-hybridized carbons (Fsp3) is 0.462. The molecule has 0 radical (unpaired) electrons. The van der Waals surface area contributed by atoms with Crippen LogP contribution in [0, 0.1) is 5.92 Å². The molecule has 0 saturated heterocycles. The second-order valence-electron chi connectivity index (χ2n) is 4.14. The van der Waals surface area contributed by atoms with Gasteiger partial charge in [-0.25, -0.2) is 0 Å². The quantitative estimate of drug-likeness (QED) is 0.686. The molecule has 0 aliphatic rings. The third-order valence-corrected chi connectivity index (χ3v) is 2.77. The van der Waals surface area contributed by atoms with Crippen LogP contribution in [0.5, 0.6) is 5.75 Å². The predicted octanol–water partition coefficient (Wildman–Crippen LogP) is 0.440. The lowest BCUT2D eigenvalue weighted by Crippen LogP contribution is -2.35. The lowest BCUT2D eigenvalue weighted by Gasteiger charge is -2.16. The van der Waals surface area contributed by atoms with Gasteiger partial charge in [0.25, 0.3) is 0 Å². The summed E-state index contributed by atoms with van der Waals surface area (Å²) in [6, 6.07) is 7.17. The summed E-state index contributed by atoms with van der Waals surface area (Å²) in [6.45, 7) is 2.17. The van der Waals surface area contributed by atoms with Gasteiger partial charge in [0.2, 0.25) is 5.91 Å². The van der Waals surface area contributed by atoms with Crippen molar-refractivity contribution in [3.05, 3.63) is 29.8 Å². The molecule has 100 valence electrons. The van der Waals surface area contributed by atoms with Gasteiger partial charge in [0.1, 0.15) is 5.75 Å². The minimum absolute atomic E-state index is 0.142. The number of aliphatic hydroxyl groups is 1. The summed E-state index contributed by atoms with van der Waals surface area (Å²) in [5.41, 5.74) is 6.05. The number of carbonyl (C=O) groups is 1. The van der Waals surface area contributed by atoms with Gasteiger partial charge in [-0.1, -0.05) is 25.1 Å². The van der Waals surface area contributed by atoms with Crippen LogP contribution >= 0.6 is 0 Å². The van der Waals surface area contributed by atoms with Gasteiger partial charge < -0.3 is 20.9 Å². The number of rotatable bonds is 6. The molecule has 1 aromatic carbocycles. The lowest BCUT2D eigenvalue weighted by molar-refractivity contribution is -0.124. The first-order valence-corrected chi connectivity index (χ1v) is 5.89. The minimum Gasteiger partial charge on any atom is -0.496 e. The van der Waals surface area contributed by atoms with E-state index in [0.29, 0.717) is 11.3 Å². The normalized spacial score (nSPS) is 13.8. The van der Waals surface area contributed by atoms with Crippen molar-refractivity contribution in [3.8, 4) is 5.75 Å². The SMILES string of the molecule is COc1ccccc1C(O)CNC(=O)C(C)CN. The number of para-hydroxylation sites is 1. The van der Waals surface area contributed by atoms with Gasteiger partial charge in [0.05, 0.1) is 13.2 Å². The van der Waals surface area contributed by atoms with E-state index in [0.717, 1.165) is 0 Å². The van der Waals surface area contributed by atoms with Gasteiger partial charge in [0, 0.05) is 24.6 Å². The van der Waals surface area contributed by atoms with Crippen LogP contribution in [-0.2, 0) is 4.79 Å². The molecule has 1 rings (SSSR count). The highest BCUT2D eigenvalue weighted by atomic mass is 16.5. The molecule has 0 spiro atoms. The maximum Gasteiger partial charge on any atom is 0.224 e. The molecule has 0 fully saturated rings. The van der Waals surface area contributed by atoms with Crippen LogP contribution in [0.2, 0.25) is 0 Å². The van der Waals surface area contributed by atoms with Crippen LogP contribution in [0.3, 0.4) is 0 Å². The number of aliphatic hydroxyl groups excluding tert-OH is 1. The molecule has 0 aliphatic carbocycles. The Bertz CT molecular complexity index is 396. The number of nitrogens with two attached hydrogens (primary N) is 1. The summed E-state index contributed by atoms with van der Waals surface area (Å²) in [5, 5.41) is 12.7. The summed E-state index contributed by atoms with van der Waals surface area (Å²) in [4.78, 5) is 11.5. The predicted molar refractivity (Wildman–Crippen MR) is 69.2 cm³/mol. The Hall–Kier alpha value is -1.59. The Kier molecular flexibility index (Phi) is 5.61. The zero-order valence-corrected chi connectivity index (χ0v) is 10.7. The highest BCUT2D eigenvalue weighted by molar-refractivity contribution is 5.78. The molecule has 5 heteroatoms. The third kappa shape index (κ3) is 3.72. The first-order valence-electron chi connectivity index (χ1n) is 5.89. The van der Waals surface area contributed by atoms with Gasteiger partial charge in [-0.3, -0.25) is 4.79 Å². The van der Waals surface area contributed by atoms with E-state index < -0.39 is 6.10 Å². The smallest absolute Gasteiger partial charge is 0.224 e. The molecule has 2 unspecified atom stereocenters. The molecule has 0 saturated carbocycles. The lowest BCUT2D eigenvalue weighted by atomic mass is 10.1. The van der Waals surface area contributed by atoms with Gasteiger partial charge in [0.15, 0.2) is 0 Å². The van der Waals surface area contributed by atoms with Gasteiger partial charge in [-0.15, -0.1) is 0 Å². The van der Waals surface area contributed by atoms with E-state index in [4.69, 9.17) is 10.5 Å². The number of carbonyl (C=O) groups excluding carboxylic acids is 1.